The van der Waals surface area contributed by atoms with Crippen LogP contribution in [-0.2, 0) is 0 Å². The lowest BCUT2D eigenvalue weighted by molar-refractivity contribution is -0.555. The van der Waals surface area contributed by atoms with E-state index in [1.165, 1.54) is 96.3 Å². The first-order valence-corrected chi connectivity index (χ1v) is 13.8. The molecule has 0 aliphatic heterocycles. The van der Waals surface area contributed by atoms with Crippen molar-refractivity contribution >= 4 is 0 Å². The number of nitrogens with one attached hydrogen (secondary N) is 1. The van der Waals surface area contributed by atoms with E-state index in [0.717, 1.165) is 24.2 Å². The van der Waals surface area contributed by atoms with Crippen LogP contribution in [0.2, 0.25) is 0 Å². The molecule has 0 bridgehead atoms. The maximum atomic E-state index is 11.5. The third-order valence-corrected chi connectivity index (χ3v) is 11.0. The largest absolute Gasteiger partial charge is 0.235 e. The van der Waals surface area contributed by atoms with Crippen molar-refractivity contribution in [2.24, 2.45) is 40.4 Å². The Morgan fingerprint density at radius 2 is 1.61 bits per heavy atom. The van der Waals surface area contributed by atoms with Gasteiger partial charge >= 0.3 is 0 Å². The van der Waals surface area contributed by atoms with E-state index in [2.05, 4.69) is 26.2 Å². The predicted octanol–water partition coefficient (Wildman–Crippen LogP) is 7.55. The van der Waals surface area contributed by atoms with Crippen molar-refractivity contribution in [3.63, 3.8) is 0 Å². The first-order chi connectivity index (χ1) is 14.9. The van der Waals surface area contributed by atoms with Crippen LogP contribution in [0.15, 0.2) is 0 Å². The van der Waals surface area contributed by atoms with Crippen molar-refractivity contribution in [3.05, 3.63) is 10.1 Å². The van der Waals surface area contributed by atoms with Crippen LogP contribution < -0.4 is 5.43 Å². The van der Waals surface area contributed by atoms with Crippen molar-refractivity contribution in [3.8, 4) is 0 Å². The van der Waals surface area contributed by atoms with Gasteiger partial charge in [0.25, 0.3) is 0 Å². The van der Waals surface area contributed by atoms with Gasteiger partial charge in [-0.3, -0.25) is 0 Å². The highest BCUT2D eigenvalue weighted by molar-refractivity contribution is 5.11. The van der Waals surface area contributed by atoms with Crippen molar-refractivity contribution in [2.45, 2.75) is 130 Å². The average Bonchev–Trinajstić information content (AvgIpc) is 3.06. The molecule has 4 rings (SSSR count). The topological polar surface area (TPSA) is 55.2 Å². The summed E-state index contributed by atoms with van der Waals surface area (Å²) in [5.41, 5.74) is 3.62. The van der Waals surface area contributed by atoms with Gasteiger partial charge in [-0.15, -0.1) is 5.43 Å². The minimum absolute atomic E-state index is 0.0847. The summed E-state index contributed by atoms with van der Waals surface area (Å²) < 4.78 is 0. The van der Waals surface area contributed by atoms with E-state index in [1.807, 2.05) is 0 Å². The van der Waals surface area contributed by atoms with Crippen LogP contribution in [0.1, 0.15) is 124 Å². The van der Waals surface area contributed by atoms with Crippen LogP contribution in [-0.4, -0.2) is 11.1 Å². The molecule has 178 valence electrons. The zero-order valence-electron chi connectivity index (χ0n) is 20.5. The highest BCUT2D eigenvalue weighted by Gasteiger charge is 2.61. The van der Waals surface area contributed by atoms with Crippen LogP contribution >= 0.6 is 0 Å². The molecule has 0 aromatic rings. The van der Waals surface area contributed by atoms with Crippen LogP contribution in [0.3, 0.4) is 0 Å². The monoisotopic (exact) mass is 432 g/mol. The Labute approximate surface area is 190 Å². The Morgan fingerprint density at radius 1 is 0.871 bits per heavy atom. The summed E-state index contributed by atoms with van der Waals surface area (Å²) in [5.74, 6) is 3.69. The van der Waals surface area contributed by atoms with Gasteiger partial charge < -0.3 is 0 Å². The summed E-state index contributed by atoms with van der Waals surface area (Å²) in [6.07, 6.45) is 21.5. The van der Waals surface area contributed by atoms with Gasteiger partial charge in [-0.05, 0) is 91.8 Å². The first kappa shape index (κ1) is 23.4. The number of fused-ring (bicyclic) bond motifs is 5. The fourth-order valence-electron chi connectivity index (χ4n) is 9.43. The normalized spacial score (nSPS) is 44.2. The number of hydrazine groups is 1. The second-order valence-electron chi connectivity index (χ2n) is 12.3. The van der Waals surface area contributed by atoms with Crippen molar-refractivity contribution < 1.29 is 5.03 Å². The predicted molar refractivity (Wildman–Crippen MR) is 127 cm³/mol. The van der Waals surface area contributed by atoms with Crippen molar-refractivity contribution in [1.82, 2.24) is 5.43 Å². The molecule has 0 aromatic heterocycles. The molecular weight excluding hydrogens is 384 g/mol. The standard InChI is InChI=1S/C27H48N2O2/c1-4-5-6-7-8-9-12-20-14-15-22-21-19-25(28-29(30)31)24-13-10-11-17-27(24,3)23(21)16-18-26(20,22)2/h20-25,28H,4-19H2,1-3H3/t20?,21?,22?,23?,24?,25-,26-,27-/m1/s1. The molecule has 1 N–H and O–H groups in total. The van der Waals surface area contributed by atoms with E-state index in [1.54, 1.807) is 0 Å². The molecule has 0 aromatic carbocycles. The minimum atomic E-state index is -0.238. The van der Waals surface area contributed by atoms with Gasteiger partial charge in [0, 0.05) is 0 Å². The van der Waals surface area contributed by atoms with Gasteiger partial charge in [-0.25, -0.2) is 10.1 Å². The molecule has 4 aliphatic rings. The zero-order valence-corrected chi connectivity index (χ0v) is 20.5. The lowest BCUT2D eigenvalue weighted by Gasteiger charge is -2.62. The van der Waals surface area contributed by atoms with Crippen LogP contribution in [0.4, 0.5) is 0 Å². The second kappa shape index (κ2) is 9.59. The molecule has 4 heteroatoms. The Balaban J connectivity index is 1.45. The fourth-order valence-corrected chi connectivity index (χ4v) is 9.43. The summed E-state index contributed by atoms with van der Waals surface area (Å²) in [6, 6.07) is 0.0847. The number of nitrogens with zero attached hydrogens (tertiary/aromatic N) is 1. The molecule has 4 saturated carbocycles. The van der Waals surface area contributed by atoms with Crippen LogP contribution in [0.25, 0.3) is 0 Å². The maximum absolute atomic E-state index is 11.5. The highest BCUT2D eigenvalue weighted by atomic mass is 16.7. The molecule has 4 nitrogen and oxygen atoms in total. The molecule has 31 heavy (non-hydrogen) atoms. The van der Waals surface area contributed by atoms with E-state index in [0.29, 0.717) is 22.7 Å². The van der Waals surface area contributed by atoms with Gasteiger partial charge in [0.15, 0.2) is 5.03 Å². The van der Waals surface area contributed by atoms with Gasteiger partial charge in [0.1, 0.15) is 0 Å². The molecule has 0 radical (unpaired) electrons. The molecule has 0 amide bonds. The van der Waals surface area contributed by atoms with E-state index in [4.69, 9.17) is 0 Å². The molecule has 5 unspecified atom stereocenters. The zero-order chi connectivity index (χ0) is 22.1. The minimum Gasteiger partial charge on any atom is -0.235 e. The fraction of sp³-hybridized carbons (Fsp3) is 1.00. The summed E-state index contributed by atoms with van der Waals surface area (Å²) >= 11 is 0. The summed E-state index contributed by atoms with van der Waals surface area (Å²) in [5, 5.41) is 11.2. The Kier molecular flexibility index (Phi) is 7.23. The lowest BCUT2D eigenvalue weighted by Crippen LogP contribution is -2.60. The summed E-state index contributed by atoms with van der Waals surface area (Å²) in [4.78, 5) is 11.5. The Bertz CT molecular complexity index is 624. The summed E-state index contributed by atoms with van der Waals surface area (Å²) in [7, 11) is 0. The highest BCUT2D eigenvalue weighted by Crippen LogP contribution is 2.67. The van der Waals surface area contributed by atoms with Gasteiger partial charge in [-0.1, -0.05) is 72.1 Å². The number of unbranched alkanes of at least 4 members (excludes halogenated alkanes) is 5. The summed E-state index contributed by atoms with van der Waals surface area (Å²) in [6.45, 7) is 7.43. The SMILES string of the molecule is CCCCCCCCC1CCC2C3C[C@@H](N[N+](=O)[O-])C4CCCC[C@]4(C)C3CC[C@]12C. The third kappa shape index (κ3) is 4.38. The molecular formula is C27H48N2O2. The number of hydrogen-bond acceptors (Lipinski definition) is 2. The van der Waals surface area contributed by atoms with E-state index >= 15 is 0 Å². The van der Waals surface area contributed by atoms with Crippen LogP contribution in [0.5, 0.6) is 0 Å². The van der Waals surface area contributed by atoms with E-state index in [-0.39, 0.29) is 11.1 Å². The van der Waals surface area contributed by atoms with Gasteiger partial charge in [-0.2, -0.15) is 0 Å². The molecule has 4 aliphatic carbocycles. The first-order valence-electron chi connectivity index (χ1n) is 13.8. The van der Waals surface area contributed by atoms with Gasteiger partial charge in [0.2, 0.25) is 0 Å². The molecule has 0 heterocycles. The quantitative estimate of drug-likeness (QED) is 0.232. The van der Waals surface area contributed by atoms with Crippen molar-refractivity contribution in [2.75, 3.05) is 0 Å². The molecule has 4 fully saturated rings. The smallest absolute Gasteiger partial charge is 0.157 e. The van der Waals surface area contributed by atoms with Crippen LogP contribution in [0, 0.1) is 50.5 Å². The molecule has 0 spiro atoms. The molecule has 8 atom stereocenters. The molecule has 0 saturated heterocycles. The number of rotatable bonds is 9. The van der Waals surface area contributed by atoms with E-state index < -0.39 is 0 Å². The second-order valence-corrected chi connectivity index (χ2v) is 12.3. The number of hydrogen-bond donors (Lipinski definition) is 1. The average molecular weight is 433 g/mol. The van der Waals surface area contributed by atoms with E-state index in [9.17, 15) is 10.1 Å². The lowest BCUT2D eigenvalue weighted by atomic mass is 9.44. The number of nitro groups is 1. The Hall–Kier alpha value is -0.800. The van der Waals surface area contributed by atoms with Gasteiger partial charge in [0.05, 0.1) is 6.04 Å². The van der Waals surface area contributed by atoms with Crippen molar-refractivity contribution in [1.29, 1.82) is 0 Å². The maximum Gasteiger partial charge on any atom is 0.157 e. The third-order valence-electron chi connectivity index (χ3n) is 11.0. The Morgan fingerprint density at radius 3 is 2.39 bits per heavy atom.